The number of likely N-dealkylation sites (tertiary alicyclic amines) is 1. The van der Waals surface area contributed by atoms with Gasteiger partial charge in [-0.15, -0.1) is 11.8 Å². The molecule has 70 heavy (non-hydrogen) atoms. The summed E-state index contributed by atoms with van der Waals surface area (Å²) in [4.78, 5) is 42.7. The Kier molecular flexibility index (Phi) is 31.0. The molecule has 3 aromatic carbocycles. The fraction of sp³-hybridized carbons (Fsp3) is 0.596. The highest BCUT2D eigenvalue weighted by atomic mass is 32.2. The van der Waals surface area contributed by atoms with Crippen LogP contribution in [0.25, 0.3) is 0 Å². The molecular formula is C52H76N2O15S. The zero-order valence-electron chi connectivity index (χ0n) is 41.4. The molecule has 1 aliphatic rings. The first-order valence-electron chi connectivity index (χ1n) is 24.3. The van der Waals surface area contributed by atoms with Crippen molar-refractivity contribution in [2.75, 3.05) is 166 Å². The van der Waals surface area contributed by atoms with Gasteiger partial charge in [0.15, 0.2) is 0 Å². The van der Waals surface area contributed by atoms with E-state index < -0.39 is 10.8 Å². The number of thioether (sulfide) groups is 1. The minimum Gasteiger partial charge on any atom is -0.382 e. The average Bonchev–Trinajstić information content (AvgIpc) is 3.65. The Morgan fingerprint density at radius 3 is 1.19 bits per heavy atom. The number of rotatable bonds is 43. The third-order valence-corrected chi connectivity index (χ3v) is 11.8. The SMILES string of the molecule is COCCOCCOCCOCCOCCOCCOCCOCCOCCOCCOCCOCCNC(=O)c1ccc(C(c2ccccc2)(c2ccccc2)N2C(=O)CC(SC(C)C)C2=O)cc1. The number of nitrogens with zero attached hydrogens (tertiary/aromatic N) is 1. The Balaban J connectivity index is 0.958. The number of carbonyl (C=O) groups excluding carboxylic acids is 3. The summed E-state index contributed by atoms with van der Waals surface area (Å²) in [6, 6.07) is 26.3. The molecule has 17 nitrogen and oxygen atoms in total. The van der Waals surface area contributed by atoms with E-state index >= 15 is 0 Å². The van der Waals surface area contributed by atoms with Crippen molar-refractivity contribution in [2.24, 2.45) is 0 Å². The van der Waals surface area contributed by atoms with Crippen LogP contribution >= 0.6 is 11.8 Å². The van der Waals surface area contributed by atoms with Gasteiger partial charge in [0.25, 0.3) is 5.91 Å². The van der Waals surface area contributed by atoms with Crippen LogP contribution in [0.5, 0.6) is 0 Å². The van der Waals surface area contributed by atoms with Crippen molar-refractivity contribution < 1.29 is 71.2 Å². The highest BCUT2D eigenvalue weighted by Crippen LogP contribution is 2.46. The molecule has 0 saturated carbocycles. The lowest BCUT2D eigenvalue weighted by Crippen LogP contribution is -2.51. The molecule has 1 saturated heterocycles. The molecule has 3 aromatic rings. The maximum atomic E-state index is 14.2. The van der Waals surface area contributed by atoms with Crippen LogP contribution < -0.4 is 5.32 Å². The summed E-state index contributed by atoms with van der Waals surface area (Å²) >= 11 is 1.51. The second-order valence-electron chi connectivity index (χ2n) is 15.9. The van der Waals surface area contributed by atoms with E-state index in [1.807, 2.05) is 86.6 Å². The first-order valence-corrected chi connectivity index (χ1v) is 25.2. The molecule has 3 amide bonds. The molecule has 18 heteroatoms. The van der Waals surface area contributed by atoms with Crippen molar-refractivity contribution in [1.29, 1.82) is 0 Å². The monoisotopic (exact) mass is 1000 g/mol. The zero-order valence-corrected chi connectivity index (χ0v) is 42.2. The van der Waals surface area contributed by atoms with Gasteiger partial charge < -0.3 is 62.2 Å². The number of hydrogen-bond acceptors (Lipinski definition) is 16. The predicted molar refractivity (Wildman–Crippen MR) is 265 cm³/mol. The van der Waals surface area contributed by atoms with Crippen LogP contribution in [0.15, 0.2) is 84.9 Å². The maximum Gasteiger partial charge on any atom is 0.251 e. The Morgan fingerprint density at radius 1 is 0.514 bits per heavy atom. The molecule has 1 unspecified atom stereocenters. The van der Waals surface area contributed by atoms with Crippen molar-refractivity contribution in [2.45, 2.75) is 36.3 Å². The van der Waals surface area contributed by atoms with Crippen LogP contribution in [0, 0.1) is 0 Å². The van der Waals surface area contributed by atoms with E-state index in [1.54, 1.807) is 19.2 Å². The third-order valence-electron chi connectivity index (χ3n) is 10.5. The van der Waals surface area contributed by atoms with E-state index in [0.29, 0.717) is 170 Å². The van der Waals surface area contributed by atoms with Crippen LogP contribution in [-0.4, -0.2) is 199 Å². The van der Waals surface area contributed by atoms with E-state index in [2.05, 4.69) is 5.32 Å². The van der Waals surface area contributed by atoms with Crippen molar-refractivity contribution >= 4 is 29.5 Å². The van der Waals surface area contributed by atoms with Gasteiger partial charge in [-0.1, -0.05) is 86.6 Å². The molecule has 0 aliphatic carbocycles. The van der Waals surface area contributed by atoms with Gasteiger partial charge in [0.05, 0.1) is 157 Å². The van der Waals surface area contributed by atoms with Gasteiger partial charge in [-0.3, -0.25) is 19.3 Å². The smallest absolute Gasteiger partial charge is 0.251 e. The number of benzene rings is 3. The number of methoxy groups -OCH3 is 1. The van der Waals surface area contributed by atoms with Crippen molar-refractivity contribution in [1.82, 2.24) is 10.2 Å². The first kappa shape index (κ1) is 58.7. The third kappa shape index (κ3) is 21.9. The Morgan fingerprint density at radius 2 is 0.843 bits per heavy atom. The molecule has 390 valence electrons. The van der Waals surface area contributed by atoms with Crippen LogP contribution in [0.4, 0.5) is 0 Å². The Bertz CT molecular complexity index is 1770. The molecule has 4 rings (SSSR count). The van der Waals surface area contributed by atoms with Gasteiger partial charge in [-0.25, -0.2) is 0 Å². The van der Waals surface area contributed by atoms with Gasteiger partial charge in [-0.2, -0.15) is 0 Å². The minimum absolute atomic E-state index is 0.126. The summed E-state index contributed by atoms with van der Waals surface area (Å²) in [5.41, 5.74) is 1.46. The summed E-state index contributed by atoms with van der Waals surface area (Å²) < 4.78 is 65.4. The van der Waals surface area contributed by atoms with Crippen molar-refractivity contribution in [3.63, 3.8) is 0 Å². The van der Waals surface area contributed by atoms with Crippen molar-refractivity contribution in [3.8, 4) is 0 Å². The molecule has 0 bridgehead atoms. The standard InChI is InChI=1S/C52H76N2O15S/c1-43(2)70-48-42-49(55)54(51(48)57)52(45-10-6-4-7-11-45,46-12-8-5-9-13-46)47-16-14-44(15-17-47)50(56)53-18-19-59-22-23-61-26-27-63-30-31-65-34-35-67-38-39-69-41-40-68-37-36-66-33-32-64-29-28-62-25-24-60-21-20-58-3/h4-17,43,48H,18-42H2,1-3H3,(H,53,56). The van der Waals surface area contributed by atoms with Gasteiger partial charge in [0.1, 0.15) is 5.54 Å². The summed E-state index contributed by atoms with van der Waals surface area (Å²) in [7, 11) is 1.64. The van der Waals surface area contributed by atoms with Crippen LogP contribution in [0.3, 0.4) is 0 Å². The second kappa shape index (κ2) is 37.0. The Labute approximate surface area is 418 Å². The first-order chi connectivity index (χ1) is 34.4. The highest BCUT2D eigenvalue weighted by Gasteiger charge is 2.53. The number of imide groups is 1. The van der Waals surface area contributed by atoms with E-state index in [4.69, 9.17) is 56.8 Å². The molecule has 1 aliphatic heterocycles. The van der Waals surface area contributed by atoms with Crippen LogP contribution in [0.1, 0.15) is 47.3 Å². The molecule has 1 heterocycles. The van der Waals surface area contributed by atoms with Crippen molar-refractivity contribution in [3.05, 3.63) is 107 Å². The molecule has 1 N–H and O–H groups in total. The molecule has 1 fully saturated rings. The average molecular weight is 1000 g/mol. The fourth-order valence-corrected chi connectivity index (χ4v) is 8.40. The number of hydrogen-bond donors (Lipinski definition) is 1. The quantitative estimate of drug-likeness (QED) is 0.0464. The van der Waals surface area contributed by atoms with Crippen LogP contribution in [-0.2, 0) is 72.0 Å². The molecule has 0 spiro atoms. The number of carbonyl (C=O) groups is 3. The lowest BCUT2D eigenvalue weighted by Gasteiger charge is -2.42. The second-order valence-corrected chi connectivity index (χ2v) is 17.7. The molecule has 0 aromatic heterocycles. The van der Waals surface area contributed by atoms with Gasteiger partial charge in [0.2, 0.25) is 11.8 Å². The Hall–Kier alpha value is -3.86. The van der Waals surface area contributed by atoms with Crippen LogP contribution in [0.2, 0.25) is 0 Å². The lowest BCUT2D eigenvalue weighted by atomic mass is 9.75. The van der Waals surface area contributed by atoms with Gasteiger partial charge in [-0.05, 0) is 34.1 Å². The lowest BCUT2D eigenvalue weighted by molar-refractivity contribution is -0.143. The van der Waals surface area contributed by atoms with Gasteiger partial charge in [0, 0.05) is 25.6 Å². The molecule has 1 atom stereocenters. The zero-order chi connectivity index (χ0) is 49.8. The van der Waals surface area contributed by atoms with E-state index in [-0.39, 0.29) is 29.4 Å². The van der Waals surface area contributed by atoms with Gasteiger partial charge >= 0.3 is 0 Å². The highest BCUT2D eigenvalue weighted by molar-refractivity contribution is 8.01. The predicted octanol–water partition coefficient (Wildman–Crippen LogP) is 4.81. The molecular weight excluding hydrogens is 925 g/mol. The largest absolute Gasteiger partial charge is 0.382 e. The normalized spacial score (nSPS) is 14.1. The topological polar surface area (TPSA) is 177 Å². The number of ether oxygens (including phenoxy) is 12. The van der Waals surface area contributed by atoms with E-state index in [0.717, 1.165) is 11.1 Å². The summed E-state index contributed by atoms with van der Waals surface area (Å²) in [5, 5.41) is 2.60. The van der Waals surface area contributed by atoms with E-state index in [9.17, 15) is 14.4 Å². The van der Waals surface area contributed by atoms with E-state index in [1.165, 1.54) is 16.7 Å². The minimum atomic E-state index is -1.24. The summed E-state index contributed by atoms with van der Waals surface area (Å²) in [6.45, 7) is 15.3. The summed E-state index contributed by atoms with van der Waals surface area (Å²) in [6.07, 6.45) is 0.126. The molecule has 0 radical (unpaired) electrons. The summed E-state index contributed by atoms with van der Waals surface area (Å²) in [5.74, 6) is -0.716. The fourth-order valence-electron chi connectivity index (χ4n) is 7.28. The number of nitrogens with one attached hydrogen (secondary N) is 1. The number of amides is 3. The maximum absolute atomic E-state index is 14.2.